The van der Waals surface area contributed by atoms with Gasteiger partial charge < -0.3 is 14.6 Å². The lowest BCUT2D eigenvalue weighted by Crippen LogP contribution is -2.39. The number of hydrogen-bond donors (Lipinski definition) is 1. The summed E-state index contributed by atoms with van der Waals surface area (Å²) in [5.41, 5.74) is 0.777. The molecule has 4 heteroatoms. The number of piperidine rings is 1. The van der Waals surface area contributed by atoms with E-state index in [2.05, 4.69) is 5.32 Å². The maximum atomic E-state index is 12.6. The zero-order valence-electron chi connectivity index (χ0n) is 12.5. The summed E-state index contributed by atoms with van der Waals surface area (Å²) < 4.78 is 5.70. The van der Waals surface area contributed by atoms with E-state index in [0.29, 0.717) is 11.7 Å². The fraction of sp³-hybridized carbons (Fsp3) is 0.471. The van der Waals surface area contributed by atoms with Crippen molar-refractivity contribution in [3.63, 3.8) is 0 Å². The van der Waals surface area contributed by atoms with Crippen molar-refractivity contribution < 1.29 is 9.21 Å². The molecule has 112 valence electrons. The van der Waals surface area contributed by atoms with Crippen LogP contribution < -0.4 is 5.32 Å². The molecule has 2 heterocycles. The Morgan fingerprint density at radius 3 is 2.81 bits per heavy atom. The molecule has 1 fully saturated rings. The van der Waals surface area contributed by atoms with Crippen molar-refractivity contribution in [2.75, 3.05) is 26.2 Å². The topological polar surface area (TPSA) is 45.5 Å². The zero-order valence-corrected chi connectivity index (χ0v) is 12.5. The van der Waals surface area contributed by atoms with Crippen LogP contribution in [0.2, 0.25) is 0 Å². The van der Waals surface area contributed by atoms with Gasteiger partial charge in [0.2, 0.25) is 0 Å². The van der Waals surface area contributed by atoms with Gasteiger partial charge in [-0.25, -0.2) is 0 Å². The van der Waals surface area contributed by atoms with Crippen LogP contribution in [0.5, 0.6) is 0 Å². The number of nitrogens with zero attached hydrogens (tertiary/aromatic N) is 1. The monoisotopic (exact) mass is 286 g/mol. The molecular weight excluding hydrogens is 264 g/mol. The van der Waals surface area contributed by atoms with E-state index in [0.717, 1.165) is 50.0 Å². The molecule has 0 atom stereocenters. The fourth-order valence-electron chi connectivity index (χ4n) is 2.97. The quantitative estimate of drug-likeness (QED) is 0.940. The molecule has 0 radical (unpaired) electrons. The highest BCUT2D eigenvalue weighted by molar-refractivity contribution is 5.96. The smallest absolute Gasteiger partial charge is 0.289 e. The molecule has 21 heavy (non-hydrogen) atoms. The predicted molar refractivity (Wildman–Crippen MR) is 83.4 cm³/mol. The Morgan fingerprint density at radius 1 is 1.33 bits per heavy atom. The SMILES string of the molecule is CCN(CC1CCNCC1)C(=O)c1cc2ccccc2o1. The molecular formula is C17H22N2O2. The van der Waals surface area contributed by atoms with Crippen LogP contribution in [0.3, 0.4) is 0 Å². The number of rotatable bonds is 4. The number of amides is 1. The number of benzene rings is 1. The van der Waals surface area contributed by atoms with Crippen LogP contribution in [0.4, 0.5) is 0 Å². The van der Waals surface area contributed by atoms with E-state index in [-0.39, 0.29) is 5.91 Å². The largest absolute Gasteiger partial charge is 0.451 e. The summed E-state index contributed by atoms with van der Waals surface area (Å²) in [6.07, 6.45) is 2.29. The van der Waals surface area contributed by atoms with Crippen molar-refractivity contribution in [2.24, 2.45) is 5.92 Å². The highest BCUT2D eigenvalue weighted by atomic mass is 16.3. The summed E-state index contributed by atoms with van der Waals surface area (Å²) in [5, 5.41) is 4.35. The Hall–Kier alpha value is -1.81. The van der Waals surface area contributed by atoms with E-state index in [4.69, 9.17) is 4.42 Å². The molecule has 3 rings (SSSR count). The first kappa shape index (κ1) is 14.1. The third kappa shape index (κ3) is 3.10. The Kier molecular flexibility index (Phi) is 4.25. The standard InChI is InChI=1S/C17H22N2O2/c1-2-19(12-13-7-9-18-10-8-13)17(20)16-11-14-5-3-4-6-15(14)21-16/h3-6,11,13,18H,2,7-10,12H2,1H3. The number of nitrogens with one attached hydrogen (secondary N) is 1. The van der Waals surface area contributed by atoms with Gasteiger partial charge >= 0.3 is 0 Å². The van der Waals surface area contributed by atoms with Crippen molar-refractivity contribution >= 4 is 16.9 Å². The van der Waals surface area contributed by atoms with E-state index < -0.39 is 0 Å². The van der Waals surface area contributed by atoms with Crippen LogP contribution >= 0.6 is 0 Å². The molecule has 1 aromatic heterocycles. The van der Waals surface area contributed by atoms with Gasteiger partial charge in [-0.2, -0.15) is 0 Å². The average Bonchev–Trinajstić information content (AvgIpc) is 2.97. The molecule has 1 amide bonds. The first-order chi connectivity index (χ1) is 10.3. The van der Waals surface area contributed by atoms with E-state index >= 15 is 0 Å². The summed E-state index contributed by atoms with van der Waals surface area (Å²) in [6, 6.07) is 9.60. The Morgan fingerprint density at radius 2 is 2.10 bits per heavy atom. The van der Waals surface area contributed by atoms with Gasteiger partial charge in [-0.3, -0.25) is 4.79 Å². The number of carbonyl (C=O) groups is 1. The van der Waals surface area contributed by atoms with E-state index in [1.165, 1.54) is 0 Å². The first-order valence-electron chi connectivity index (χ1n) is 7.76. The molecule has 1 aliphatic rings. The molecule has 2 aromatic rings. The van der Waals surface area contributed by atoms with Crippen LogP contribution in [0.15, 0.2) is 34.7 Å². The number of carbonyl (C=O) groups excluding carboxylic acids is 1. The van der Waals surface area contributed by atoms with Crippen LogP contribution in [0.25, 0.3) is 11.0 Å². The maximum Gasteiger partial charge on any atom is 0.289 e. The van der Waals surface area contributed by atoms with Gasteiger partial charge in [-0.05, 0) is 50.9 Å². The Labute approximate surface area is 125 Å². The molecule has 1 aromatic carbocycles. The summed E-state index contributed by atoms with van der Waals surface area (Å²) in [4.78, 5) is 14.5. The van der Waals surface area contributed by atoms with Gasteiger partial charge in [-0.1, -0.05) is 18.2 Å². The third-order valence-corrected chi connectivity index (χ3v) is 4.24. The lowest BCUT2D eigenvalue weighted by Gasteiger charge is -2.28. The fourth-order valence-corrected chi connectivity index (χ4v) is 2.97. The van der Waals surface area contributed by atoms with E-state index in [9.17, 15) is 4.79 Å². The zero-order chi connectivity index (χ0) is 14.7. The van der Waals surface area contributed by atoms with E-state index in [1.54, 1.807) is 0 Å². The average molecular weight is 286 g/mol. The molecule has 0 saturated carbocycles. The normalized spacial score (nSPS) is 16.2. The molecule has 1 aliphatic heterocycles. The lowest BCUT2D eigenvalue weighted by atomic mass is 9.97. The van der Waals surface area contributed by atoms with Crippen molar-refractivity contribution in [1.29, 1.82) is 0 Å². The van der Waals surface area contributed by atoms with Crippen LogP contribution in [-0.2, 0) is 0 Å². The molecule has 0 unspecified atom stereocenters. The third-order valence-electron chi connectivity index (χ3n) is 4.24. The number of furan rings is 1. The maximum absolute atomic E-state index is 12.6. The minimum absolute atomic E-state index is 0.00670. The predicted octanol–water partition coefficient (Wildman–Crippen LogP) is 2.89. The van der Waals surface area contributed by atoms with E-state index in [1.807, 2.05) is 42.2 Å². The summed E-state index contributed by atoms with van der Waals surface area (Å²) >= 11 is 0. The van der Waals surface area contributed by atoms with Crippen LogP contribution in [0, 0.1) is 5.92 Å². The lowest BCUT2D eigenvalue weighted by molar-refractivity contribution is 0.0697. The number of hydrogen-bond acceptors (Lipinski definition) is 3. The van der Waals surface area contributed by atoms with Crippen molar-refractivity contribution in [1.82, 2.24) is 10.2 Å². The second kappa shape index (κ2) is 6.31. The molecule has 1 saturated heterocycles. The molecule has 1 N–H and O–H groups in total. The van der Waals surface area contributed by atoms with Gasteiger partial charge in [0.15, 0.2) is 5.76 Å². The summed E-state index contributed by atoms with van der Waals surface area (Å²) in [6.45, 7) is 5.69. The van der Waals surface area contributed by atoms with Gasteiger partial charge in [0.05, 0.1) is 0 Å². The second-order valence-electron chi connectivity index (χ2n) is 5.69. The molecule has 4 nitrogen and oxygen atoms in total. The Balaban J connectivity index is 1.74. The molecule has 0 bridgehead atoms. The number of para-hydroxylation sites is 1. The van der Waals surface area contributed by atoms with Crippen molar-refractivity contribution in [3.8, 4) is 0 Å². The molecule has 0 spiro atoms. The number of fused-ring (bicyclic) bond motifs is 1. The second-order valence-corrected chi connectivity index (χ2v) is 5.69. The van der Waals surface area contributed by atoms with Crippen LogP contribution in [-0.4, -0.2) is 37.0 Å². The van der Waals surface area contributed by atoms with Gasteiger partial charge in [0, 0.05) is 18.5 Å². The summed E-state index contributed by atoms with van der Waals surface area (Å²) in [7, 11) is 0. The van der Waals surface area contributed by atoms with Gasteiger partial charge in [0.25, 0.3) is 5.91 Å². The summed E-state index contributed by atoms with van der Waals surface area (Å²) in [5.74, 6) is 1.05. The highest BCUT2D eigenvalue weighted by Crippen LogP contribution is 2.21. The highest BCUT2D eigenvalue weighted by Gasteiger charge is 2.22. The van der Waals surface area contributed by atoms with Crippen molar-refractivity contribution in [3.05, 3.63) is 36.1 Å². The molecule has 0 aliphatic carbocycles. The first-order valence-corrected chi connectivity index (χ1v) is 7.76. The Bertz CT molecular complexity index is 581. The van der Waals surface area contributed by atoms with Crippen molar-refractivity contribution in [2.45, 2.75) is 19.8 Å². The van der Waals surface area contributed by atoms with Gasteiger partial charge in [0.1, 0.15) is 5.58 Å². The van der Waals surface area contributed by atoms with Gasteiger partial charge in [-0.15, -0.1) is 0 Å². The van der Waals surface area contributed by atoms with Crippen LogP contribution in [0.1, 0.15) is 30.3 Å². The minimum Gasteiger partial charge on any atom is -0.451 e. The minimum atomic E-state index is 0.00670.